The Morgan fingerprint density at radius 1 is 1.10 bits per heavy atom. The maximum atomic E-state index is 13.9. The third-order valence-electron chi connectivity index (χ3n) is 4.30. The number of hydrogen-bond acceptors (Lipinski definition) is 4. The van der Waals surface area contributed by atoms with Crippen LogP contribution in [0.15, 0.2) is 65.9 Å². The van der Waals surface area contributed by atoms with E-state index in [1.165, 1.54) is 6.07 Å². The molecule has 0 spiro atoms. The van der Waals surface area contributed by atoms with Crippen LogP contribution in [0.1, 0.15) is 37.5 Å². The first-order valence-electron chi connectivity index (χ1n) is 9.56. The van der Waals surface area contributed by atoms with Gasteiger partial charge in [0.1, 0.15) is 23.9 Å². The summed E-state index contributed by atoms with van der Waals surface area (Å²) in [4.78, 5) is 8.83. The molecule has 1 heterocycles. The normalized spacial score (nSPS) is 11.6. The molecule has 4 nitrogen and oxygen atoms in total. The van der Waals surface area contributed by atoms with Gasteiger partial charge in [-0.15, -0.1) is 0 Å². The monoisotopic (exact) mass is 392 g/mol. The highest BCUT2D eigenvalue weighted by Crippen LogP contribution is 2.27. The van der Waals surface area contributed by atoms with Crippen molar-refractivity contribution in [3.8, 4) is 11.5 Å². The fraction of sp³-hybridized carbons (Fsp3) is 0.250. The van der Waals surface area contributed by atoms with Crippen molar-refractivity contribution in [2.45, 2.75) is 40.4 Å². The Morgan fingerprint density at radius 2 is 1.86 bits per heavy atom. The molecule has 150 valence electrons. The second-order valence-electron chi connectivity index (χ2n) is 7.10. The Kier molecular flexibility index (Phi) is 6.60. The standard InChI is InChI=1S/C24H25FN2O2/c1-16(2)29-22-12-20(18(4)27-24-9-10-26-14-17(24)3)11-21(13-22)28-15-19-7-5-6-8-23(19)25/h5-14,16H,15H2,1-4H3. The third kappa shape index (κ3) is 5.64. The van der Waals surface area contributed by atoms with Crippen LogP contribution in [0.25, 0.3) is 0 Å². The van der Waals surface area contributed by atoms with Crippen molar-refractivity contribution in [3.05, 3.63) is 83.4 Å². The van der Waals surface area contributed by atoms with Crippen LogP contribution < -0.4 is 9.47 Å². The number of aryl methyl sites for hydroxylation is 1. The highest BCUT2D eigenvalue weighted by Gasteiger charge is 2.09. The van der Waals surface area contributed by atoms with Crippen LogP contribution in [0.2, 0.25) is 0 Å². The van der Waals surface area contributed by atoms with Crippen molar-refractivity contribution in [3.63, 3.8) is 0 Å². The van der Waals surface area contributed by atoms with Crippen LogP contribution in [-0.4, -0.2) is 16.8 Å². The average molecular weight is 392 g/mol. The summed E-state index contributed by atoms with van der Waals surface area (Å²) in [6.07, 6.45) is 3.53. The topological polar surface area (TPSA) is 43.7 Å². The van der Waals surface area contributed by atoms with Gasteiger partial charge in [0.05, 0.1) is 11.8 Å². The van der Waals surface area contributed by atoms with Crippen molar-refractivity contribution < 1.29 is 13.9 Å². The molecule has 29 heavy (non-hydrogen) atoms. The van der Waals surface area contributed by atoms with Gasteiger partial charge in [0.15, 0.2) is 0 Å². The van der Waals surface area contributed by atoms with Gasteiger partial charge in [-0.25, -0.2) is 4.39 Å². The summed E-state index contributed by atoms with van der Waals surface area (Å²) in [7, 11) is 0. The highest BCUT2D eigenvalue weighted by atomic mass is 19.1. The van der Waals surface area contributed by atoms with E-state index in [0.29, 0.717) is 17.1 Å². The van der Waals surface area contributed by atoms with Gasteiger partial charge in [0, 0.05) is 35.3 Å². The van der Waals surface area contributed by atoms with Gasteiger partial charge in [-0.3, -0.25) is 9.98 Å². The summed E-state index contributed by atoms with van der Waals surface area (Å²) in [6.45, 7) is 7.98. The van der Waals surface area contributed by atoms with Crippen molar-refractivity contribution in [2.75, 3.05) is 0 Å². The molecule has 5 heteroatoms. The summed E-state index contributed by atoms with van der Waals surface area (Å²) in [5.41, 5.74) is 4.06. The molecule has 0 fully saturated rings. The summed E-state index contributed by atoms with van der Waals surface area (Å²) in [5, 5.41) is 0. The molecule has 1 aromatic heterocycles. The van der Waals surface area contributed by atoms with Gasteiger partial charge in [0.25, 0.3) is 0 Å². The molecular formula is C24H25FN2O2. The zero-order chi connectivity index (χ0) is 20.8. The Hall–Kier alpha value is -3.21. The van der Waals surface area contributed by atoms with E-state index in [0.717, 1.165) is 22.5 Å². The minimum atomic E-state index is -0.284. The summed E-state index contributed by atoms with van der Waals surface area (Å²) in [5.74, 6) is 0.998. The van der Waals surface area contributed by atoms with Crippen LogP contribution in [0.4, 0.5) is 10.1 Å². The summed E-state index contributed by atoms with van der Waals surface area (Å²) < 4.78 is 25.7. The fourth-order valence-corrected chi connectivity index (χ4v) is 2.82. The van der Waals surface area contributed by atoms with Crippen molar-refractivity contribution in [1.82, 2.24) is 4.98 Å². The molecule has 0 N–H and O–H groups in total. The smallest absolute Gasteiger partial charge is 0.129 e. The van der Waals surface area contributed by atoms with Gasteiger partial charge in [-0.05, 0) is 57.5 Å². The van der Waals surface area contributed by atoms with Crippen LogP contribution in [0.3, 0.4) is 0 Å². The number of hydrogen-bond donors (Lipinski definition) is 0. The zero-order valence-electron chi connectivity index (χ0n) is 17.1. The number of aliphatic imine (C=N–C) groups is 1. The number of pyridine rings is 1. The SMILES string of the molecule is CC(=Nc1ccncc1C)c1cc(OCc2ccccc2F)cc(OC(C)C)c1. The van der Waals surface area contributed by atoms with Gasteiger partial charge in [0.2, 0.25) is 0 Å². The first-order chi connectivity index (χ1) is 13.9. The Morgan fingerprint density at radius 3 is 2.59 bits per heavy atom. The predicted octanol–water partition coefficient (Wildman–Crippen LogP) is 6.04. The fourth-order valence-electron chi connectivity index (χ4n) is 2.82. The molecular weight excluding hydrogens is 367 g/mol. The highest BCUT2D eigenvalue weighted by molar-refractivity contribution is 6.01. The van der Waals surface area contributed by atoms with E-state index in [4.69, 9.17) is 14.5 Å². The van der Waals surface area contributed by atoms with E-state index in [1.807, 2.05) is 52.0 Å². The minimum Gasteiger partial charge on any atom is -0.491 e. The van der Waals surface area contributed by atoms with Crippen LogP contribution in [0, 0.1) is 12.7 Å². The first-order valence-corrected chi connectivity index (χ1v) is 9.56. The first kappa shape index (κ1) is 20.5. The summed E-state index contributed by atoms with van der Waals surface area (Å²) in [6, 6.07) is 14.1. The lowest BCUT2D eigenvalue weighted by Crippen LogP contribution is -2.07. The third-order valence-corrected chi connectivity index (χ3v) is 4.30. The van der Waals surface area contributed by atoms with E-state index in [9.17, 15) is 4.39 Å². The van der Waals surface area contributed by atoms with E-state index in [1.54, 1.807) is 30.6 Å². The molecule has 0 aliphatic heterocycles. The van der Waals surface area contributed by atoms with E-state index in [2.05, 4.69) is 4.98 Å². The predicted molar refractivity (Wildman–Crippen MR) is 114 cm³/mol. The molecule has 0 saturated carbocycles. The van der Waals surface area contributed by atoms with Crippen LogP contribution in [-0.2, 0) is 6.61 Å². The van der Waals surface area contributed by atoms with E-state index in [-0.39, 0.29) is 18.5 Å². The number of nitrogens with zero attached hydrogens (tertiary/aromatic N) is 2. The number of aromatic nitrogens is 1. The molecule has 0 unspecified atom stereocenters. The lowest BCUT2D eigenvalue weighted by molar-refractivity contribution is 0.239. The molecule has 0 aliphatic carbocycles. The molecule has 0 atom stereocenters. The second kappa shape index (κ2) is 9.32. The van der Waals surface area contributed by atoms with Gasteiger partial charge < -0.3 is 9.47 Å². The quantitative estimate of drug-likeness (QED) is 0.461. The van der Waals surface area contributed by atoms with Crippen molar-refractivity contribution in [2.24, 2.45) is 4.99 Å². The van der Waals surface area contributed by atoms with Crippen LogP contribution >= 0.6 is 0 Å². The molecule has 2 aromatic carbocycles. The molecule has 0 amide bonds. The molecule has 0 radical (unpaired) electrons. The van der Waals surface area contributed by atoms with Gasteiger partial charge in [-0.1, -0.05) is 18.2 Å². The number of halogens is 1. The molecule has 0 aliphatic rings. The lowest BCUT2D eigenvalue weighted by Gasteiger charge is -2.15. The molecule has 3 aromatic rings. The van der Waals surface area contributed by atoms with Crippen LogP contribution in [0.5, 0.6) is 11.5 Å². The number of ether oxygens (including phenoxy) is 2. The minimum absolute atomic E-state index is 0.0179. The average Bonchev–Trinajstić information content (AvgIpc) is 2.68. The largest absolute Gasteiger partial charge is 0.491 e. The Balaban J connectivity index is 1.91. The van der Waals surface area contributed by atoms with Gasteiger partial charge >= 0.3 is 0 Å². The van der Waals surface area contributed by atoms with Crippen molar-refractivity contribution >= 4 is 11.4 Å². The second-order valence-corrected chi connectivity index (χ2v) is 7.10. The maximum absolute atomic E-state index is 13.9. The maximum Gasteiger partial charge on any atom is 0.129 e. The number of benzene rings is 2. The van der Waals surface area contributed by atoms with E-state index < -0.39 is 0 Å². The summed E-state index contributed by atoms with van der Waals surface area (Å²) >= 11 is 0. The Bertz CT molecular complexity index is 1020. The van der Waals surface area contributed by atoms with E-state index >= 15 is 0 Å². The lowest BCUT2D eigenvalue weighted by atomic mass is 10.1. The molecule has 0 bridgehead atoms. The Labute approximate surface area is 171 Å². The molecule has 3 rings (SSSR count). The number of rotatable bonds is 7. The van der Waals surface area contributed by atoms with Crippen molar-refractivity contribution in [1.29, 1.82) is 0 Å². The molecule has 0 saturated heterocycles. The zero-order valence-corrected chi connectivity index (χ0v) is 17.1. The van der Waals surface area contributed by atoms with Gasteiger partial charge in [-0.2, -0.15) is 0 Å².